The molecule has 1 aliphatic rings. The summed E-state index contributed by atoms with van der Waals surface area (Å²) in [6.45, 7) is 7.08. The molecule has 6 heteroatoms. The SMILES string of the molecule is CCn1ccnc1CN1CCOC[C@@](COc2ccccc2)(OC)C1. The number of aromatic nitrogens is 2. The minimum Gasteiger partial charge on any atom is -0.490 e. The van der Waals surface area contributed by atoms with Crippen molar-refractivity contribution in [2.75, 3.05) is 40.0 Å². The molecule has 1 atom stereocenters. The standard InChI is InChI=1S/C19H27N3O3/c1-3-22-10-9-20-18(22)13-21-11-12-24-15-19(14-21,23-2)16-25-17-7-5-4-6-8-17/h4-10H,3,11-16H2,1-2H3/t19-/m0/s1. The molecule has 3 rings (SSSR count). The largest absolute Gasteiger partial charge is 0.490 e. The molecule has 2 heterocycles. The number of rotatable bonds is 7. The summed E-state index contributed by atoms with van der Waals surface area (Å²) in [4.78, 5) is 6.82. The Morgan fingerprint density at radius 2 is 2.12 bits per heavy atom. The molecule has 1 fully saturated rings. The van der Waals surface area contributed by atoms with Gasteiger partial charge in [-0.15, -0.1) is 0 Å². The minimum absolute atomic E-state index is 0.451. The molecule has 136 valence electrons. The lowest BCUT2D eigenvalue weighted by atomic mass is 10.1. The molecule has 1 aromatic carbocycles. The van der Waals surface area contributed by atoms with Gasteiger partial charge in [-0.05, 0) is 19.1 Å². The Kier molecular flexibility index (Phi) is 6.07. The lowest BCUT2D eigenvalue weighted by Crippen LogP contribution is -2.50. The first-order chi connectivity index (χ1) is 12.2. The molecule has 1 aliphatic heterocycles. The predicted molar refractivity (Wildman–Crippen MR) is 95.7 cm³/mol. The van der Waals surface area contributed by atoms with Gasteiger partial charge in [0.1, 0.15) is 23.8 Å². The van der Waals surface area contributed by atoms with Crippen molar-refractivity contribution in [3.8, 4) is 5.75 Å². The zero-order chi connectivity index (χ0) is 17.5. The second-order valence-corrected chi connectivity index (χ2v) is 6.38. The summed E-state index contributed by atoms with van der Waals surface area (Å²) in [6, 6.07) is 9.82. The van der Waals surface area contributed by atoms with Crippen molar-refractivity contribution in [2.45, 2.75) is 25.6 Å². The maximum atomic E-state index is 5.97. The Morgan fingerprint density at radius 1 is 1.28 bits per heavy atom. The zero-order valence-electron chi connectivity index (χ0n) is 15.1. The molecule has 0 saturated carbocycles. The van der Waals surface area contributed by atoms with Gasteiger partial charge in [-0.3, -0.25) is 4.90 Å². The molecule has 1 saturated heterocycles. The molecule has 0 N–H and O–H groups in total. The maximum Gasteiger partial charge on any atom is 0.137 e. The highest BCUT2D eigenvalue weighted by molar-refractivity contribution is 5.21. The Bertz CT molecular complexity index is 646. The predicted octanol–water partition coefficient (Wildman–Crippen LogP) is 2.20. The smallest absolute Gasteiger partial charge is 0.137 e. The maximum absolute atomic E-state index is 5.97. The van der Waals surface area contributed by atoms with E-state index in [0.717, 1.165) is 37.8 Å². The van der Waals surface area contributed by atoms with E-state index in [0.29, 0.717) is 19.8 Å². The van der Waals surface area contributed by atoms with E-state index in [4.69, 9.17) is 14.2 Å². The van der Waals surface area contributed by atoms with Gasteiger partial charge in [0, 0.05) is 39.1 Å². The Balaban J connectivity index is 1.67. The van der Waals surface area contributed by atoms with Crippen LogP contribution in [0, 0.1) is 0 Å². The van der Waals surface area contributed by atoms with Crippen LogP contribution in [0.15, 0.2) is 42.7 Å². The molecule has 0 unspecified atom stereocenters. The van der Waals surface area contributed by atoms with E-state index >= 15 is 0 Å². The fourth-order valence-electron chi connectivity index (χ4n) is 3.10. The number of methoxy groups -OCH3 is 1. The molecule has 0 aliphatic carbocycles. The molecule has 0 radical (unpaired) electrons. The van der Waals surface area contributed by atoms with Gasteiger partial charge in [0.25, 0.3) is 0 Å². The van der Waals surface area contributed by atoms with E-state index in [2.05, 4.69) is 21.4 Å². The summed E-state index contributed by atoms with van der Waals surface area (Å²) < 4.78 is 19.8. The first-order valence-corrected chi connectivity index (χ1v) is 8.78. The number of ether oxygens (including phenoxy) is 3. The van der Waals surface area contributed by atoms with Crippen LogP contribution >= 0.6 is 0 Å². The van der Waals surface area contributed by atoms with Crippen molar-refractivity contribution in [3.63, 3.8) is 0 Å². The van der Waals surface area contributed by atoms with Gasteiger partial charge in [-0.2, -0.15) is 0 Å². The highest BCUT2D eigenvalue weighted by atomic mass is 16.6. The molecular weight excluding hydrogens is 318 g/mol. The molecule has 6 nitrogen and oxygen atoms in total. The quantitative estimate of drug-likeness (QED) is 0.770. The third-order valence-corrected chi connectivity index (χ3v) is 4.61. The summed E-state index contributed by atoms with van der Waals surface area (Å²) in [6.07, 6.45) is 3.88. The monoisotopic (exact) mass is 345 g/mol. The highest BCUT2D eigenvalue weighted by Crippen LogP contribution is 2.20. The third-order valence-electron chi connectivity index (χ3n) is 4.61. The van der Waals surface area contributed by atoms with Crippen molar-refractivity contribution in [1.29, 1.82) is 0 Å². The summed E-state index contributed by atoms with van der Waals surface area (Å²) in [5.74, 6) is 1.91. The average Bonchev–Trinajstić information content (AvgIpc) is 3.00. The lowest BCUT2D eigenvalue weighted by Gasteiger charge is -2.33. The fourth-order valence-corrected chi connectivity index (χ4v) is 3.10. The van der Waals surface area contributed by atoms with Gasteiger partial charge >= 0.3 is 0 Å². The van der Waals surface area contributed by atoms with Gasteiger partial charge in [0.15, 0.2) is 0 Å². The van der Waals surface area contributed by atoms with E-state index in [9.17, 15) is 0 Å². The van der Waals surface area contributed by atoms with Crippen molar-refractivity contribution >= 4 is 0 Å². The van der Waals surface area contributed by atoms with Crippen LogP contribution in [-0.4, -0.2) is 60.1 Å². The zero-order valence-corrected chi connectivity index (χ0v) is 15.1. The average molecular weight is 345 g/mol. The normalized spacial score (nSPS) is 21.8. The summed E-state index contributed by atoms with van der Waals surface area (Å²) in [5.41, 5.74) is -0.490. The molecule has 25 heavy (non-hydrogen) atoms. The second-order valence-electron chi connectivity index (χ2n) is 6.38. The van der Waals surface area contributed by atoms with Crippen LogP contribution in [-0.2, 0) is 22.6 Å². The van der Waals surface area contributed by atoms with E-state index in [-0.39, 0.29) is 0 Å². The van der Waals surface area contributed by atoms with Gasteiger partial charge in [0.05, 0.1) is 19.8 Å². The van der Waals surface area contributed by atoms with Crippen LogP contribution in [0.5, 0.6) is 5.75 Å². The van der Waals surface area contributed by atoms with Gasteiger partial charge < -0.3 is 18.8 Å². The molecule has 0 bridgehead atoms. The van der Waals surface area contributed by atoms with E-state index in [1.165, 1.54) is 0 Å². The van der Waals surface area contributed by atoms with E-state index in [1.54, 1.807) is 7.11 Å². The summed E-state index contributed by atoms with van der Waals surface area (Å²) >= 11 is 0. The Labute approximate surface area is 149 Å². The number of para-hydroxylation sites is 1. The van der Waals surface area contributed by atoms with Crippen LogP contribution in [0.2, 0.25) is 0 Å². The van der Waals surface area contributed by atoms with Crippen LogP contribution in [0.4, 0.5) is 0 Å². The topological polar surface area (TPSA) is 48.8 Å². The molecular formula is C19H27N3O3. The van der Waals surface area contributed by atoms with Gasteiger partial charge in [-0.1, -0.05) is 18.2 Å². The number of benzene rings is 1. The molecule has 0 amide bonds. The number of nitrogens with zero attached hydrogens (tertiary/aromatic N) is 3. The molecule has 1 aromatic heterocycles. The van der Waals surface area contributed by atoms with Crippen molar-refractivity contribution in [1.82, 2.24) is 14.5 Å². The fraction of sp³-hybridized carbons (Fsp3) is 0.526. The summed E-state index contributed by atoms with van der Waals surface area (Å²) in [5, 5.41) is 0. The molecule has 0 spiro atoms. The Morgan fingerprint density at radius 3 is 2.88 bits per heavy atom. The van der Waals surface area contributed by atoms with E-state index < -0.39 is 5.60 Å². The van der Waals surface area contributed by atoms with Gasteiger partial charge in [0.2, 0.25) is 0 Å². The third kappa shape index (κ3) is 4.60. The lowest BCUT2D eigenvalue weighted by molar-refractivity contribution is -0.0927. The summed E-state index contributed by atoms with van der Waals surface area (Å²) in [7, 11) is 1.73. The molecule has 2 aromatic rings. The van der Waals surface area contributed by atoms with Crippen LogP contribution in [0.3, 0.4) is 0 Å². The number of hydrogen-bond acceptors (Lipinski definition) is 5. The van der Waals surface area contributed by atoms with Crippen LogP contribution in [0.25, 0.3) is 0 Å². The minimum atomic E-state index is -0.490. The highest BCUT2D eigenvalue weighted by Gasteiger charge is 2.36. The number of aryl methyl sites for hydroxylation is 1. The second kappa shape index (κ2) is 8.47. The van der Waals surface area contributed by atoms with Crippen LogP contribution < -0.4 is 4.74 Å². The van der Waals surface area contributed by atoms with Crippen molar-refractivity contribution in [2.24, 2.45) is 0 Å². The first kappa shape index (κ1) is 17.9. The van der Waals surface area contributed by atoms with Crippen molar-refractivity contribution < 1.29 is 14.2 Å². The number of imidazole rings is 1. The van der Waals surface area contributed by atoms with E-state index in [1.807, 2.05) is 42.7 Å². The van der Waals surface area contributed by atoms with Crippen LogP contribution in [0.1, 0.15) is 12.7 Å². The van der Waals surface area contributed by atoms with Gasteiger partial charge in [-0.25, -0.2) is 4.98 Å². The Hall–Kier alpha value is -1.89. The van der Waals surface area contributed by atoms with Crippen molar-refractivity contribution in [3.05, 3.63) is 48.5 Å². The number of hydrogen-bond donors (Lipinski definition) is 0. The first-order valence-electron chi connectivity index (χ1n) is 8.78.